The van der Waals surface area contributed by atoms with Gasteiger partial charge in [0.05, 0.1) is 5.92 Å². The minimum atomic E-state index is -0.290. The van der Waals surface area contributed by atoms with Crippen molar-refractivity contribution in [3.63, 3.8) is 0 Å². The molecule has 5 nitrogen and oxygen atoms in total. The number of aromatic hydroxyl groups is 1. The van der Waals surface area contributed by atoms with Crippen molar-refractivity contribution in [1.82, 2.24) is 9.47 Å². The molecule has 0 atom stereocenters. The average Bonchev–Trinajstić information content (AvgIpc) is 3.30. The molecule has 1 aliphatic carbocycles. The van der Waals surface area contributed by atoms with Gasteiger partial charge in [-0.05, 0) is 36.1 Å². The Morgan fingerprint density at radius 3 is 2.03 bits per heavy atom. The molecule has 2 aliphatic rings. The second-order valence-corrected chi connectivity index (χ2v) is 10.5. The zero-order chi connectivity index (χ0) is 25.2. The minimum absolute atomic E-state index is 0.162. The van der Waals surface area contributed by atoms with Crippen LogP contribution in [-0.2, 0) is 4.79 Å². The molecule has 6 rings (SSSR count). The third-order valence-electron chi connectivity index (χ3n) is 8.24. The van der Waals surface area contributed by atoms with Crippen LogP contribution in [0.4, 0.5) is 5.69 Å². The molecule has 1 amide bonds. The Hall–Kier alpha value is -3.73. The van der Waals surface area contributed by atoms with Gasteiger partial charge in [-0.2, -0.15) is 0 Å². The van der Waals surface area contributed by atoms with Crippen LogP contribution in [0.2, 0.25) is 0 Å². The quantitative estimate of drug-likeness (QED) is 0.353. The van der Waals surface area contributed by atoms with E-state index in [-0.39, 0.29) is 11.8 Å². The summed E-state index contributed by atoms with van der Waals surface area (Å²) in [6.07, 6.45) is 8.18. The van der Waals surface area contributed by atoms with Crippen LogP contribution in [0, 0.1) is 0 Å². The fourth-order valence-electron chi connectivity index (χ4n) is 6.17. The van der Waals surface area contributed by atoms with Gasteiger partial charge in [-0.15, -0.1) is 0 Å². The van der Waals surface area contributed by atoms with Gasteiger partial charge in [-0.1, -0.05) is 86.0 Å². The topological polar surface area (TPSA) is 48.7 Å². The highest BCUT2D eigenvalue weighted by Gasteiger charge is 2.30. The molecule has 37 heavy (non-hydrogen) atoms. The van der Waals surface area contributed by atoms with Crippen molar-refractivity contribution in [1.29, 1.82) is 0 Å². The van der Waals surface area contributed by atoms with Crippen molar-refractivity contribution >= 4 is 22.4 Å². The molecule has 1 saturated carbocycles. The summed E-state index contributed by atoms with van der Waals surface area (Å²) in [5, 5.41) is 13.1. The predicted molar refractivity (Wildman–Crippen MR) is 149 cm³/mol. The van der Waals surface area contributed by atoms with Crippen molar-refractivity contribution in [3.05, 3.63) is 96.2 Å². The highest BCUT2D eigenvalue weighted by molar-refractivity contribution is 5.91. The molecule has 190 valence electrons. The zero-order valence-electron chi connectivity index (χ0n) is 21.3. The van der Waals surface area contributed by atoms with Crippen molar-refractivity contribution in [3.8, 4) is 5.88 Å². The maximum atomic E-state index is 13.8. The second-order valence-electron chi connectivity index (χ2n) is 10.5. The number of carbonyl (C=O) groups is 1. The molecule has 3 aromatic carbocycles. The fraction of sp³-hybridized carbons (Fsp3) is 0.344. The minimum Gasteiger partial charge on any atom is -0.494 e. The number of benzene rings is 3. The Labute approximate surface area is 218 Å². The molecular formula is C32H35N3O2. The van der Waals surface area contributed by atoms with Crippen molar-refractivity contribution < 1.29 is 9.90 Å². The first-order valence-electron chi connectivity index (χ1n) is 13.7. The third kappa shape index (κ3) is 4.71. The standard InChI is InChI=1S/C32H35N3O2/c36-31-29-22-28(17-16-26(29)23-35(31)27-14-8-3-9-15-27)33-18-20-34(21-19-33)32(37)30(24-10-4-1-5-11-24)25-12-6-2-7-13-25/h1-2,4-7,10-13,16-17,22-23,27,30,36H,3,8-9,14-15,18-21H2. The van der Waals surface area contributed by atoms with Crippen LogP contribution >= 0.6 is 0 Å². The lowest BCUT2D eigenvalue weighted by atomic mass is 9.90. The summed E-state index contributed by atoms with van der Waals surface area (Å²) in [7, 11) is 0. The number of fused-ring (bicyclic) bond motifs is 1. The lowest BCUT2D eigenvalue weighted by Gasteiger charge is -2.38. The maximum Gasteiger partial charge on any atom is 0.234 e. The summed E-state index contributed by atoms with van der Waals surface area (Å²) in [6, 6.07) is 27.0. The first-order chi connectivity index (χ1) is 18.2. The Balaban J connectivity index is 1.18. The number of piperazine rings is 1. The molecule has 1 aliphatic heterocycles. The summed E-state index contributed by atoms with van der Waals surface area (Å²) in [5.41, 5.74) is 3.17. The first kappa shape index (κ1) is 23.7. The van der Waals surface area contributed by atoms with E-state index in [2.05, 4.69) is 33.9 Å². The highest BCUT2D eigenvalue weighted by Crippen LogP contribution is 2.38. The van der Waals surface area contributed by atoms with E-state index in [9.17, 15) is 9.90 Å². The number of rotatable bonds is 5. The van der Waals surface area contributed by atoms with Crippen LogP contribution in [0.25, 0.3) is 10.8 Å². The van der Waals surface area contributed by atoms with Crippen LogP contribution in [0.3, 0.4) is 0 Å². The van der Waals surface area contributed by atoms with Gasteiger partial charge < -0.3 is 19.5 Å². The van der Waals surface area contributed by atoms with Gasteiger partial charge in [0.25, 0.3) is 0 Å². The number of carbonyl (C=O) groups excluding carboxylic acids is 1. The maximum absolute atomic E-state index is 13.8. The van der Waals surface area contributed by atoms with Crippen molar-refractivity contribution in [2.45, 2.75) is 44.1 Å². The van der Waals surface area contributed by atoms with Gasteiger partial charge in [0, 0.05) is 54.9 Å². The summed E-state index contributed by atoms with van der Waals surface area (Å²) in [4.78, 5) is 18.1. The van der Waals surface area contributed by atoms with Crippen molar-refractivity contribution in [2.24, 2.45) is 0 Å². The molecule has 1 aromatic heterocycles. The molecule has 4 aromatic rings. The fourth-order valence-corrected chi connectivity index (χ4v) is 6.17. The number of anilines is 1. The molecule has 0 radical (unpaired) electrons. The smallest absolute Gasteiger partial charge is 0.234 e. The van der Waals surface area contributed by atoms with Crippen LogP contribution in [-0.4, -0.2) is 46.7 Å². The zero-order valence-corrected chi connectivity index (χ0v) is 21.3. The molecule has 0 spiro atoms. The summed E-state index contributed by atoms with van der Waals surface area (Å²) < 4.78 is 2.09. The lowest BCUT2D eigenvalue weighted by Crippen LogP contribution is -2.50. The Bertz CT molecular complexity index is 1310. The summed E-state index contributed by atoms with van der Waals surface area (Å²) in [5.74, 6) is 0.266. The van der Waals surface area contributed by atoms with Crippen LogP contribution < -0.4 is 4.90 Å². The van der Waals surface area contributed by atoms with Crippen molar-refractivity contribution in [2.75, 3.05) is 31.1 Å². The Morgan fingerprint density at radius 1 is 0.784 bits per heavy atom. The van der Waals surface area contributed by atoms with E-state index in [1.165, 1.54) is 19.3 Å². The van der Waals surface area contributed by atoms with Crippen LogP contribution in [0.1, 0.15) is 55.2 Å². The molecule has 0 bridgehead atoms. The van der Waals surface area contributed by atoms with E-state index in [0.29, 0.717) is 25.0 Å². The molecule has 2 heterocycles. The number of hydrogen-bond donors (Lipinski definition) is 1. The molecule has 0 unspecified atom stereocenters. The highest BCUT2D eigenvalue weighted by atomic mass is 16.3. The van der Waals surface area contributed by atoms with Gasteiger partial charge in [-0.3, -0.25) is 4.79 Å². The Morgan fingerprint density at radius 2 is 1.41 bits per heavy atom. The van der Waals surface area contributed by atoms with E-state index in [4.69, 9.17) is 0 Å². The van der Waals surface area contributed by atoms with Gasteiger partial charge in [-0.25, -0.2) is 0 Å². The predicted octanol–water partition coefficient (Wildman–Crippen LogP) is 6.33. The summed E-state index contributed by atoms with van der Waals surface area (Å²) in [6.45, 7) is 2.92. The van der Waals surface area contributed by atoms with E-state index in [1.54, 1.807) is 0 Å². The SMILES string of the molecule is O=C(C(c1ccccc1)c1ccccc1)N1CCN(c2ccc3cn(C4CCCCC4)c(O)c3c2)CC1. The monoisotopic (exact) mass is 493 g/mol. The lowest BCUT2D eigenvalue weighted by molar-refractivity contribution is -0.132. The van der Waals surface area contributed by atoms with Crippen LogP contribution in [0.5, 0.6) is 5.88 Å². The number of aromatic nitrogens is 1. The number of amides is 1. The molecule has 1 saturated heterocycles. The summed E-state index contributed by atoms with van der Waals surface area (Å²) >= 11 is 0. The molecular weight excluding hydrogens is 458 g/mol. The second kappa shape index (κ2) is 10.3. The van der Waals surface area contributed by atoms with Gasteiger partial charge in [0.1, 0.15) is 0 Å². The molecule has 1 N–H and O–H groups in total. The molecule has 5 heteroatoms. The first-order valence-corrected chi connectivity index (χ1v) is 13.7. The van der Waals surface area contributed by atoms with E-state index < -0.39 is 0 Å². The van der Waals surface area contributed by atoms with E-state index in [0.717, 1.165) is 53.5 Å². The third-order valence-corrected chi connectivity index (χ3v) is 8.24. The van der Waals surface area contributed by atoms with Gasteiger partial charge >= 0.3 is 0 Å². The number of nitrogens with zero attached hydrogens (tertiary/aromatic N) is 3. The van der Waals surface area contributed by atoms with Gasteiger partial charge in [0.15, 0.2) is 5.88 Å². The van der Waals surface area contributed by atoms with E-state index in [1.807, 2.05) is 65.6 Å². The largest absolute Gasteiger partial charge is 0.494 e. The average molecular weight is 494 g/mol. The normalized spacial score (nSPS) is 17.0. The van der Waals surface area contributed by atoms with E-state index >= 15 is 0 Å². The number of hydrogen-bond acceptors (Lipinski definition) is 3. The van der Waals surface area contributed by atoms with Gasteiger partial charge in [0.2, 0.25) is 5.91 Å². The molecule has 2 fully saturated rings. The Kier molecular flexibility index (Phi) is 6.60. The van der Waals surface area contributed by atoms with Crippen LogP contribution in [0.15, 0.2) is 85.1 Å².